The summed E-state index contributed by atoms with van der Waals surface area (Å²) < 4.78 is 27.7. The fourth-order valence-electron chi connectivity index (χ4n) is 2.83. The molecule has 1 atom stereocenters. The van der Waals surface area contributed by atoms with Crippen molar-refractivity contribution < 1.29 is 28.2 Å². The van der Waals surface area contributed by atoms with Gasteiger partial charge in [0.25, 0.3) is 11.1 Å². The predicted molar refractivity (Wildman–Crippen MR) is 97.2 cm³/mol. The Balaban J connectivity index is 1.22. The molecule has 9 heteroatoms. The number of ether oxygens (including phenoxy) is 4. The number of Topliss-reactive ketones (excluding diaryl/α,β-unsaturated/α-hetero) is 1. The zero-order valence-corrected chi connectivity index (χ0v) is 15.3. The van der Waals surface area contributed by atoms with Crippen LogP contribution in [0.3, 0.4) is 0 Å². The van der Waals surface area contributed by atoms with Crippen molar-refractivity contribution in [3.63, 3.8) is 0 Å². The number of ketones is 1. The van der Waals surface area contributed by atoms with Gasteiger partial charge in [-0.05, 0) is 30.3 Å². The Labute approximate surface area is 163 Å². The van der Waals surface area contributed by atoms with E-state index in [1.807, 2.05) is 24.3 Å². The summed E-state index contributed by atoms with van der Waals surface area (Å²) >= 11 is 1.17. The average Bonchev–Trinajstić information content (AvgIpc) is 3.40. The number of aromatic nitrogens is 2. The molecule has 142 valence electrons. The second kappa shape index (κ2) is 7.08. The molecule has 8 nitrogen and oxygen atoms in total. The highest BCUT2D eigenvalue weighted by molar-refractivity contribution is 7.99. The van der Waals surface area contributed by atoms with Crippen molar-refractivity contribution in [3.05, 3.63) is 53.9 Å². The van der Waals surface area contributed by atoms with Crippen molar-refractivity contribution in [1.29, 1.82) is 0 Å². The quantitative estimate of drug-likeness (QED) is 0.474. The number of thioether (sulfide) groups is 1. The zero-order valence-electron chi connectivity index (χ0n) is 14.5. The van der Waals surface area contributed by atoms with E-state index in [0.29, 0.717) is 39.7 Å². The number of hydrogen-bond acceptors (Lipinski definition) is 9. The molecule has 0 radical (unpaired) electrons. The van der Waals surface area contributed by atoms with Gasteiger partial charge in [-0.3, -0.25) is 4.79 Å². The van der Waals surface area contributed by atoms with Crippen LogP contribution in [0.5, 0.6) is 23.0 Å². The number of fused-ring (bicyclic) bond motifs is 2. The lowest BCUT2D eigenvalue weighted by Gasteiger charge is -2.23. The highest BCUT2D eigenvalue weighted by Crippen LogP contribution is 2.36. The molecule has 2 aliphatic heterocycles. The minimum Gasteiger partial charge on any atom is -0.485 e. The van der Waals surface area contributed by atoms with Gasteiger partial charge < -0.3 is 23.4 Å². The normalized spacial score (nSPS) is 16.8. The maximum atomic E-state index is 12.4. The first kappa shape index (κ1) is 16.9. The molecule has 0 saturated heterocycles. The van der Waals surface area contributed by atoms with E-state index < -0.39 is 6.10 Å². The van der Waals surface area contributed by atoms with E-state index in [1.54, 1.807) is 18.2 Å². The van der Waals surface area contributed by atoms with Crippen LogP contribution in [-0.2, 0) is 0 Å². The molecular formula is C19H14N2O6S. The van der Waals surface area contributed by atoms with E-state index in [9.17, 15) is 4.79 Å². The molecule has 0 saturated carbocycles. The highest BCUT2D eigenvalue weighted by atomic mass is 32.2. The molecule has 0 spiro atoms. The SMILES string of the molecule is O=C(CSc1nnc(C2COc3ccccc3O2)o1)c1ccc2c(c1)OCO2. The first-order chi connectivity index (χ1) is 13.8. The Hall–Kier alpha value is -3.20. The molecular weight excluding hydrogens is 384 g/mol. The van der Waals surface area contributed by atoms with Crippen LogP contribution in [0.15, 0.2) is 52.1 Å². The van der Waals surface area contributed by atoms with E-state index in [4.69, 9.17) is 23.4 Å². The average molecular weight is 398 g/mol. The Kier molecular flexibility index (Phi) is 4.28. The van der Waals surface area contributed by atoms with E-state index in [-0.39, 0.29) is 24.9 Å². The summed E-state index contributed by atoms with van der Waals surface area (Å²) in [5, 5.41) is 8.30. The summed E-state index contributed by atoms with van der Waals surface area (Å²) in [6.07, 6.45) is -0.485. The lowest BCUT2D eigenvalue weighted by molar-refractivity contribution is 0.0686. The Morgan fingerprint density at radius 3 is 2.75 bits per heavy atom. The first-order valence-corrected chi connectivity index (χ1v) is 9.52. The molecule has 1 aromatic heterocycles. The first-order valence-electron chi connectivity index (χ1n) is 8.54. The number of carbonyl (C=O) groups excluding carboxylic acids is 1. The van der Waals surface area contributed by atoms with Crippen molar-refractivity contribution in [3.8, 4) is 23.0 Å². The van der Waals surface area contributed by atoms with Gasteiger partial charge in [-0.15, -0.1) is 10.2 Å². The predicted octanol–water partition coefficient (Wildman–Crippen LogP) is 3.29. The molecule has 0 bridgehead atoms. The molecule has 5 rings (SSSR count). The van der Waals surface area contributed by atoms with Crippen molar-refractivity contribution >= 4 is 17.5 Å². The fourth-order valence-corrected chi connectivity index (χ4v) is 3.49. The molecule has 3 heterocycles. The number of nitrogens with zero attached hydrogens (tertiary/aromatic N) is 2. The second-order valence-electron chi connectivity index (χ2n) is 6.05. The molecule has 2 aliphatic rings. The van der Waals surface area contributed by atoms with Crippen LogP contribution < -0.4 is 18.9 Å². The molecule has 3 aromatic rings. The van der Waals surface area contributed by atoms with Gasteiger partial charge >= 0.3 is 0 Å². The number of carbonyl (C=O) groups is 1. The Morgan fingerprint density at radius 2 is 1.82 bits per heavy atom. The smallest absolute Gasteiger partial charge is 0.277 e. The minimum atomic E-state index is -0.485. The van der Waals surface area contributed by atoms with Crippen LogP contribution >= 0.6 is 11.8 Å². The number of para-hydroxylation sites is 2. The van der Waals surface area contributed by atoms with Gasteiger partial charge in [-0.2, -0.15) is 0 Å². The van der Waals surface area contributed by atoms with Gasteiger partial charge in [0.1, 0.15) is 6.61 Å². The summed E-state index contributed by atoms with van der Waals surface area (Å²) in [5.74, 6) is 2.92. The van der Waals surface area contributed by atoms with Gasteiger partial charge in [-0.1, -0.05) is 23.9 Å². The number of rotatable bonds is 5. The fraction of sp³-hybridized carbons (Fsp3) is 0.211. The van der Waals surface area contributed by atoms with E-state index in [1.165, 1.54) is 11.8 Å². The van der Waals surface area contributed by atoms with Crippen LogP contribution in [0.2, 0.25) is 0 Å². The molecule has 28 heavy (non-hydrogen) atoms. The van der Waals surface area contributed by atoms with Crippen molar-refractivity contribution in [2.75, 3.05) is 19.2 Å². The van der Waals surface area contributed by atoms with Crippen LogP contribution in [-0.4, -0.2) is 35.1 Å². The van der Waals surface area contributed by atoms with Gasteiger partial charge in [0, 0.05) is 5.56 Å². The summed E-state index contributed by atoms with van der Waals surface area (Å²) in [7, 11) is 0. The van der Waals surface area contributed by atoms with E-state index in [2.05, 4.69) is 10.2 Å². The summed E-state index contributed by atoms with van der Waals surface area (Å²) in [5.41, 5.74) is 0.539. The second-order valence-corrected chi connectivity index (χ2v) is 6.98. The largest absolute Gasteiger partial charge is 0.485 e. The monoisotopic (exact) mass is 398 g/mol. The summed E-state index contributed by atoms with van der Waals surface area (Å²) in [6, 6.07) is 12.5. The molecule has 2 aromatic carbocycles. The third-order valence-corrected chi connectivity index (χ3v) is 5.05. The summed E-state index contributed by atoms with van der Waals surface area (Å²) in [4.78, 5) is 12.4. The molecule has 0 aliphatic carbocycles. The van der Waals surface area contributed by atoms with E-state index >= 15 is 0 Å². The molecule has 0 amide bonds. The van der Waals surface area contributed by atoms with Crippen molar-refractivity contribution in [2.24, 2.45) is 0 Å². The molecule has 1 unspecified atom stereocenters. The standard InChI is InChI=1S/C19H14N2O6S/c22-12(11-5-6-14-16(7-11)25-10-24-14)9-28-19-21-20-18(27-19)17-8-23-13-3-1-2-4-15(13)26-17/h1-7,17H,8-10H2. The van der Waals surface area contributed by atoms with Crippen molar-refractivity contribution in [2.45, 2.75) is 11.3 Å². The minimum absolute atomic E-state index is 0.0748. The maximum Gasteiger partial charge on any atom is 0.277 e. The lowest BCUT2D eigenvalue weighted by atomic mass is 10.1. The Morgan fingerprint density at radius 1 is 1.00 bits per heavy atom. The van der Waals surface area contributed by atoms with Gasteiger partial charge in [0.05, 0.1) is 5.75 Å². The zero-order chi connectivity index (χ0) is 18.9. The third kappa shape index (κ3) is 3.24. The van der Waals surface area contributed by atoms with Gasteiger partial charge in [-0.25, -0.2) is 0 Å². The van der Waals surface area contributed by atoms with Crippen LogP contribution in [0.1, 0.15) is 22.4 Å². The van der Waals surface area contributed by atoms with Crippen LogP contribution in [0.25, 0.3) is 0 Å². The van der Waals surface area contributed by atoms with E-state index in [0.717, 1.165) is 0 Å². The van der Waals surface area contributed by atoms with Gasteiger partial charge in [0.15, 0.2) is 28.8 Å². The number of benzene rings is 2. The van der Waals surface area contributed by atoms with Crippen molar-refractivity contribution in [1.82, 2.24) is 10.2 Å². The molecule has 0 fully saturated rings. The third-order valence-electron chi connectivity index (χ3n) is 4.23. The topological polar surface area (TPSA) is 92.9 Å². The van der Waals surface area contributed by atoms with Crippen LogP contribution in [0, 0.1) is 0 Å². The van der Waals surface area contributed by atoms with Gasteiger partial charge in [0.2, 0.25) is 12.9 Å². The van der Waals surface area contributed by atoms with Crippen LogP contribution in [0.4, 0.5) is 0 Å². The Bertz CT molecular complexity index is 1040. The number of hydrogen-bond donors (Lipinski definition) is 0. The maximum absolute atomic E-state index is 12.4. The highest BCUT2D eigenvalue weighted by Gasteiger charge is 2.27. The summed E-state index contributed by atoms with van der Waals surface area (Å²) in [6.45, 7) is 0.448. The lowest BCUT2D eigenvalue weighted by Crippen LogP contribution is -2.21. The molecule has 0 N–H and O–H groups in total.